The molecule has 1 amide bonds. The van der Waals surface area contributed by atoms with Crippen LogP contribution in [0.25, 0.3) is 10.9 Å². The first-order valence-corrected chi connectivity index (χ1v) is 7.85. The molecule has 0 radical (unpaired) electrons. The van der Waals surface area contributed by atoms with E-state index in [1.54, 1.807) is 0 Å². The molecule has 2 aliphatic heterocycles. The highest BCUT2D eigenvalue weighted by Crippen LogP contribution is 2.27. The topological polar surface area (TPSA) is 39.3 Å². The molecule has 2 aliphatic rings. The molecule has 1 aromatic carbocycles. The molecule has 0 saturated carbocycles. The summed E-state index contributed by atoms with van der Waals surface area (Å²) >= 11 is 0. The molecule has 3 heterocycles. The molecule has 1 N–H and O–H groups in total. The number of piperazine rings is 1. The lowest BCUT2D eigenvalue weighted by atomic mass is 10.0. The Morgan fingerprint density at radius 2 is 2.19 bits per heavy atom. The summed E-state index contributed by atoms with van der Waals surface area (Å²) in [7, 11) is 0. The van der Waals surface area contributed by atoms with Gasteiger partial charge in [0.15, 0.2) is 0 Å². The van der Waals surface area contributed by atoms with E-state index in [1.165, 1.54) is 19.4 Å². The molecule has 0 spiro atoms. The Kier molecular flexibility index (Phi) is 3.00. The first kappa shape index (κ1) is 12.9. The second-order valence-electron chi connectivity index (χ2n) is 6.34. The summed E-state index contributed by atoms with van der Waals surface area (Å²) in [4.78, 5) is 20.8. The van der Waals surface area contributed by atoms with Gasteiger partial charge in [-0.3, -0.25) is 9.69 Å². The Labute approximate surface area is 124 Å². The summed E-state index contributed by atoms with van der Waals surface area (Å²) in [6.45, 7) is 5.25. The summed E-state index contributed by atoms with van der Waals surface area (Å²) in [6, 6.07) is 8.82. The molecule has 4 rings (SSSR count). The Bertz CT molecular complexity index is 677. The van der Waals surface area contributed by atoms with Crippen LogP contribution in [0.1, 0.15) is 30.1 Å². The van der Waals surface area contributed by atoms with Gasteiger partial charge in [-0.1, -0.05) is 12.1 Å². The number of aromatic nitrogens is 1. The largest absolute Gasteiger partial charge is 0.361 e. The van der Waals surface area contributed by atoms with E-state index in [1.807, 2.05) is 30.5 Å². The average Bonchev–Trinajstić information content (AvgIpc) is 3.13. The van der Waals surface area contributed by atoms with Gasteiger partial charge >= 0.3 is 0 Å². The van der Waals surface area contributed by atoms with Crippen molar-refractivity contribution in [2.75, 3.05) is 19.6 Å². The normalized spacial score (nSPS) is 26.2. The van der Waals surface area contributed by atoms with Gasteiger partial charge < -0.3 is 9.88 Å². The van der Waals surface area contributed by atoms with Crippen molar-refractivity contribution in [2.45, 2.75) is 31.8 Å². The number of H-pyrrole nitrogens is 1. The highest BCUT2D eigenvalue weighted by molar-refractivity contribution is 6.05. The van der Waals surface area contributed by atoms with Gasteiger partial charge in [0.05, 0.1) is 11.1 Å². The molecule has 2 saturated heterocycles. The fraction of sp³-hybridized carbons (Fsp3) is 0.471. The third-order valence-electron chi connectivity index (χ3n) is 5.02. The lowest BCUT2D eigenvalue weighted by molar-refractivity contribution is 0.0397. The minimum Gasteiger partial charge on any atom is -0.361 e. The van der Waals surface area contributed by atoms with Gasteiger partial charge in [0.25, 0.3) is 5.91 Å². The van der Waals surface area contributed by atoms with Crippen molar-refractivity contribution in [1.29, 1.82) is 0 Å². The molecule has 110 valence electrons. The minimum absolute atomic E-state index is 0.169. The number of benzene rings is 1. The summed E-state index contributed by atoms with van der Waals surface area (Å²) in [5.74, 6) is 0.169. The molecule has 0 bridgehead atoms. The van der Waals surface area contributed by atoms with E-state index in [9.17, 15) is 4.79 Å². The Hall–Kier alpha value is -1.81. The number of rotatable bonds is 1. The monoisotopic (exact) mass is 283 g/mol. The van der Waals surface area contributed by atoms with Crippen LogP contribution in [0.2, 0.25) is 0 Å². The zero-order valence-corrected chi connectivity index (χ0v) is 12.4. The van der Waals surface area contributed by atoms with Crippen molar-refractivity contribution >= 4 is 16.8 Å². The summed E-state index contributed by atoms with van der Waals surface area (Å²) in [5, 5.41) is 1.10. The minimum atomic E-state index is 0.169. The third-order valence-corrected chi connectivity index (χ3v) is 5.02. The standard InChI is InChI=1S/C17H21N3O/c1-12-10-19-9-3-5-14(19)11-20(12)17(21)15-6-2-4-13-7-8-18-16(13)15/h2,4,6-8,12,14,18H,3,5,9-11H2,1H3. The fourth-order valence-electron chi connectivity index (χ4n) is 3.89. The Morgan fingerprint density at radius 3 is 3.10 bits per heavy atom. The van der Waals surface area contributed by atoms with Crippen LogP contribution < -0.4 is 0 Å². The predicted octanol–water partition coefficient (Wildman–Crippen LogP) is 2.48. The molecule has 0 aliphatic carbocycles. The van der Waals surface area contributed by atoms with Gasteiger partial charge in [-0.15, -0.1) is 0 Å². The molecule has 1 aromatic heterocycles. The van der Waals surface area contributed by atoms with Crippen LogP contribution >= 0.6 is 0 Å². The van der Waals surface area contributed by atoms with E-state index in [0.29, 0.717) is 6.04 Å². The summed E-state index contributed by atoms with van der Waals surface area (Å²) < 4.78 is 0. The number of hydrogen-bond acceptors (Lipinski definition) is 2. The predicted molar refractivity (Wildman–Crippen MR) is 83.4 cm³/mol. The highest BCUT2D eigenvalue weighted by Gasteiger charge is 2.37. The van der Waals surface area contributed by atoms with Gasteiger partial charge in [-0.05, 0) is 38.4 Å². The van der Waals surface area contributed by atoms with Crippen LogP contribution in [0.4, 0.5) is 0 Å². The molecule has 2 fully saturated rings. The molecule has 2 aromatic rings. The lowest BCUT2D eigenvalue weighted by Crippen LogP contribution is -2.56. The maximum Gasteiger partial charge on any atom is 0.256 e. The van der Waals surface area contributed by atoms with Gasteiger partial charge in [-0.2, -0.15) is 0 Å². The van der Waals surface area contributed by atoms with E-state index in [-0.39, 0.29) is 11.9 Å². The number of hydrogen-bond donors (Lipinski definition) is 1. The number of para-hydroxylation sites is 1. The number of fused-ring (bicyclic) bond motifs is 2. The Balaban J connectivity index is 1.66. The first-order valence-electron chi connectivity index (χ1n) is 7.85. The number of amides is 1. The van der Waals surface area contributed by atoms with E-state index < -0.39 is 0 Å². The zero-order chi connectivity index (χ0) is 14.4. The van der Waals surface area contributed by atoms with E-state index in [4.69, 9.17) is 0 Å². The van der Waals surface area contributed by atoms with E-state index >= 15 is 0 Å². The van der Waals surface area contributed by atoms with Crippen molar-refractivity contribution in [2.24, 2.45) is 0 Å². The lowest BCUT2D eigenvalue weighted by Gasteiger charge is -2.42. The molecule has 21 heavy (non-hydrogen) atoms. The number of carbonyl (C=O) groups is 1. The molecule has 4 nitrogen and oxygen atoms in total. The van der Waals surface area contributed by atoms with Crippen molar-refractivity contribution < 1.29 is 4.79 Å². The van der Waals surface area contributed by atoms with Crippen molar-refractivity contribution in [1.82, 2.24) is 14.8 Å². The van der Waals surface area contributed by atoms with E-state index in [0.717, 1.165) is 29.6 Å². The first-order chi connectivity index (χ1) is 10.2. The Morgan fingerprint density at radius 1 is 1.29 bits per heavy atom. The second kappa shape index (κ2) is 4.88. The van der Waals surface area contributed by atoms with E-state index in [2.05, 4.69) is 21.7 Å². The zero-order valence-electron chi connectivity index (χ0n) is 12.4. The van der Waals surface area contributed by atoms with Gasteiger partial charge in [-0.25, -0.2) is 0 Å². The quantitative estimate of drug-likeness (QED) is 0.873. The molecule has 2 atom stereocenters. The number of nitrogens with zero attached hydrogens (tertiary/aromatic N) is 2. The molecule has 4 heteroatoms. The SMILES string of the molecule is CC1CN2CCCC2CN1C(=O)c1cccc2cc[nH]c12. The molecular formula is C17H21N3O. The van der Waals surface area contributed by atoms with Crippen molar-refractivity contribution in [3.8, 4) is 0 Å². The van der Waals surface area contributed by atoms with Crippen molar-refractivity contribution in [3.63, 3.8) is 0 Å². The number of carbonyl (C=O) groups excluding carboxylic acids is 1. The smallest absolute Gasteiger partial charge is 0.256 e. The van der Waals surface area contributed by atoms with Crippen LogP contribution in [-0.4, -0.2) is 52.4 Å². The van der Waals surface area contributed by atoms with Crippen LogP contribution in [-0.2, 0) is 0 Å². The number of aromatic amines is 1. The van der Waals surface area contributed by atoms with Crippen LogP contribution in [0.5, 0.6) is 0 Å². The fourth-order valence-corrected chi connectivity index (χ4v) is 3.89. The van der Waals surface area contributed by atoms with Crippen LogP contribution in [0.3, 0.4) is 0 Å². The molecular weight excluding hydrogens is 262 g/mol. The second-order valence-corrected chi connectivity index (χ2v) is 6.34. The van der Waals surface area contributed by atoms with Crippen molar-refractivity contribution in [3.05, 3.63) is 36.0 Å². The van der Waals surface area contributed by atoms with Crippen LogP contribution in [0.15, 0.2) is 30.5 Å². The number of nitrogens with one attached hydrogen (secondary N) is 1. The third kappa shape index (κ3) is 2.05. The summed E-state index contributed by atoms with van der Waals surface area (Å²) in [6.07, 6.45) is 4.40. The molecule has 2 unspecified atom stereocenters. The highest BCUT2D eigenvalue weighted by atomic mass is 16.2. The summed E-state index contributed by atoms with van der Waals surface area (Å²) in [5.41, 5.74) is 1.76. The average molecular weight is 283 g/mol. The maximum absolute atomic E-state index is 13.0. The van der Waals surface area contributed by atoms with Gasteiger partial charge in [0.2, 0.25) is 0 Å². The maximum atomic E-state index is 13.0. The van der Waals surface area contributed by atoms with Gasteiger partial charge in [0.1, 0.15) is 0 Å². The van der Waals surface area contributed by atoms with Crippen LogP contribution in [0, 0.1) is 0 Å². The van der Waals surface area contributed by atoms with Gasteiger partial charge in [0, 0.05) is 36.8 Å².